The van der Waals surface area contributed by atoms with Crippen molar-refractivity contribution in [3.8, 4) is 22.5 Å². The Bertz CT molecular complexity index is 2190. The molecule has 8 nitrogen and oxygen atoms in total. The smallest absolute Gasteiger partial charge is 0.340 e. The van der Waals surface area contributed by atoms with E-state index in [0.717, 1.165) is 23.3 Å². The summed E-state index contributed by atoms with van der Waals surface area (Å²) < 4.78 is 60.5. The summed E-state index contributed by atoms with van der Waals surface area (Å²) >= 11 is 0. The maximum atomic E-state index is 13.9. The van der Waals surface area contributed by atoms with Crippen LogP contribution in [-0.4, -0.2) is 33.6 Å². The predicted octanol–water partition coefficient (Wildman–Crippen LogP) is 10.0. The van der Waals surface area contributed by atoms with Crippen molar-refractivity contribution in [2.45, 2.75) is 20.8 Å². The number of esters is 1. The van der Waals surface area contributed by atoms with Crippen molar-refractivity contribution in [2.75, 3.05) is 17.2 Å². The fraction of sp³-hybridized carbons (Fsp3) is 0.100. The highest BCUT2D eigenvalue weighted by Crippen LogP contribution is 2.29. The first-order valence-corrected chi connectivity index (χ1v) is 15.9. The fourth-order valence-electron chi connectivity index (χ4n) is 5.12. The summed E-state index contributed by atoms with van der Waals surface area (Å²) in [5.74, 6) is -4.22. The third kappa shape index (κ3) is 8.77. The molecule has 6 rings (SSSR count). The molecule has 0 aliphatic rings. The van der Waals surface area contributed by atoms with Gasteiger partial charge in [0.2, 0.25) is 0 Å². The van der Waals surface area contributed by atoms with Crippen molar-refractivity contribution in [1.82, 2.24) is 9.97 Å². The second-order valence-corrected chi connectivity index (χ2v) is 11.4. The molecule has 0 aliphatic heterocycles. The maximum Gasteiger partial charge on any atom is 0.340 e. The Kier molecular flexibility index (Phi) is 11.6. The molecule has 264 valence electrons. The largest absolute Gasteiger partial charge is 0.478 e. The van der Waals surface area contributed by atoms with E-state index in [1.54, 1.807) is 56.3 Å². The summed E-state index contributed by atoms with van der Waals surface area (Å²) in [4.78, 5) is 31.7. The average Bonchev–Trinajstić information content (AvgIpc) is 3.11. The lowest BCUT2D eigenvalue weighted by molar-refractivity contribution is 0.0527. The highest BCUT2D eigenvalue weighted by atomic mass is 19.1. The van der Waals surface area contributed by atoms with Gasteiger partial charge in [-0.25, -0.2) is 27.2 Å². The van der Waals surface area contributed by atoms with Gasteiger partial charge in [0.25, 0.3) is 0 Å². The molecule has 0 fully saturated rings. The molecular formula is C40H32F4N4O4. The first kappa shape index (κ1) is 36.7. The zero-order valence-corrected chi connectivity index (χ0v) is 28.2. The lowest BCUT2D eigenvalue weighted by atomic mass is 10.1. The number of hydrogen-bond donors (Lipinski definition) is 3. The number of aromatic carboxylic acids is 1. The second-order valence-electron chi connectivity index (χ2n) is 11.4. The van der Waals surface area contributed by atoms with Crippen molar-refractivity contribution in [1.29, 1.82) is 0 Å². The van der Waals surface area contributed by atoms with Gasteiger partial charge in [0.05, 0.1) is 75.4 Å². The van der Waals surface area contributed by atoms with Gasteiger partial charge in [-0.05, 0) is 93.6 Å². The molecule has 6 aromatic rings. The minimum Gasteiger partial charge on any atom is -0.478 e. The summed E-state index contributed by atoms with van der Waals surface area (Å²) in [6, 6.07) is 23.9. The van der Waals surface area contributed by atoms with Gasteiger partial charge in [-0.3, -0.25) is 9.97 Å². The molecule has 0 saturated carbocycles. The van der Waals surface area contributed by atoms with Crippen LogP contribution < -0.4 is 10.6 Å². The van der Waals surface area contributed by atoms with E-state index in [2.05, 4.69) is 20.6 Å². The van der Waals surface area contributed by atoms with E-state index in [4.69, 9.17) is 4.74 Å². The number of anilines is 4. The summed E-state index contributed by atoms with van der Waals surface area (Å²) in [5.41, 5.74) is 4.30. The van der Waals surface area contributed by atoms with Crippen LogP contribution in [0.1, 0.15) is 38.8 Å². The van der Waals surface area contributed by atoms with Crippen molar-refractivity contribution in [3.63, 3.8) is 0 Å². The van der Waals surface area contributed by atoms with Crippen molar-refractivity contribution < 1.29 is 37.0 Å². The SMILES string of the molecule is CCOC(=O)c1cc(C)ccc1Nc1ccc(-c2c(F)cccc2F)nc1.Cc1ccc(Nc2ccc(-c3c(F)cccc3F)nc2)c(C(=O)O)c1. The third-order valence-electron chi connectivity index (χ3n) is 7.60. The molecule has 0 spiro atoms. The Balaban J connectivity index is 0.000000202. The second kappa shape index (κ2) is 16.4. The van der Waals surface area contributed by atoms with E-state index in [1.807, 2.05) is 13.0 Å². The Morgan fingerprint density at radius 2 is 1.06 bits per heavy atom. The van der Waals surface area contributed by atoms with Crippen LogP contribution in [0.25, 0.3) is 22.5 Å². The number of nitrogens with zero attached hydrogens (tertiary/aromatic N) is 2. The zero-order chi connectivity index (χ0) is 37.4. The number of carbonyl (C=O) groups is 2. The van der Waals surface area contributed by atoms with E-state index in [9.17, 15) is 32.3 Å². The van der Waals surface area contributed by atoms with Crippen LogP contribution in [0.3, 0.4) is 0 Å². The molecule has 4 aromatic carbocycles. The Morgan fingerprint density at radius 1 is 0.635 bits per heavy atom. The molecule has 12 heteroatoms. The normalized spacial score (nSPS) is 10.5. The summed E-state index contributed by atoms with van der Waals surface area (Å²) in [5, 5.41) is 15.3. The summed E-state index contributed by atoms with van der Waals surface area (Å²) in [6.07, 6.45) is 2.85. The molecule has 0 aliphatic carbocycles. The highest BCUT2D eigenvalue weighted by Gasteiger charge is 2.16. The number of carboxylic acid groups (broad SMARTS) is 1. The van der Waals surface area contributed by atoms with Gasteiger partial charge >= 0.3 is 11.9 Å². The molecule has 3 N–H and O–H groups in total. The van der Waals surface area contributed by atoms with E-state index < -0.39 is 35.2 Å². The molecule has 2 heterocycles. The monoisotopic (exact) mass is 708 g/mol. The number of aromatic nitrogens is 2. The molecule has 52 heavy (non-hydrogen) atoms. The van der Waals surface area contributed by atoms with Crippen LogP contribution in [-0.2, 0) is 4.74 Å². The third-order valence-corrected chi connectivity index (χ3v) is 7.60. The van der Waals surface area contributed by atoms with Crippen LogP contribution >= 0.6 is 0 Å². The van der Waals surface area contributed by atoms with Crippen molar-refractivity contribution >= 4 is 34.7 Å². The molecule has 0 saturated heterocycles. The van der Waals surface area contributed by atoms with Gasteiger partial charge < -0.3 is 20.5 Å². The molecule has 0 amide bonds. The molecular weight excluding hydrogens is 676 g/mol. The van der Waals surface area contributed by atoms with E-state index in [-0.39, 0.29) is 34.7 Å². The van der Waals surface area contributed by atoms with Crippen LogP contribution in [0.15, 0.2) is 109 Å². The minimum absolute atomic E-state index is 0.129. The molecule has 0 unspecified atom stereocenters. The number of halogens is 4. The van der Waals surface area contributed by atoms with Crippen LogP contribution in [0.5, 0.6) is 0 Å². The van der Waals surface area contributed by atoms with Crippen molar-refractivity contribution in [2.24, 2.45) is 0 Å². The lowest BCUT2D eigenvalue weighted by Crippen LogP contribution is -2.08. The Labute approximate surface area is 296 Å². The molecule has 2 aromatic heterocycles. The summed E-state index contributed by atoms with van der Waals surface area (Å²) in [7, 11) is 0. The number of hydrogen-bond acceptors (Lipinski definition) is 7. The Hall–Kier alpha value is -6.56. The number of carboxylic acids is 1. The number of benzene rings is 4. The average molecular weight is 709 g/mol. The molecule has 0 bridgehead atoms. The van der Waals surface area contributed by atoms with Crippen LogP contribution in [0.4, 0.5) is 40.3 Å². The minimum atomic E-state index is -1.05. The van der Waals surface area contributed by atoms with Gasteiger partial charge in [0.15, 0.2) is 0 Å². The highest BCUT2D eigenvalue weighted by molar-refractivity contribution is 5.97. The number of nitrogens with one attached hydrogen (secondary N) is 2. The first-order chi connectivity index (χ1) is 24.9. The first-order valence-electron chi connectivity index (χ1n) is 15.9. The number of ether oxygens (including phenoxy) is 1. The number of carbonyl (C=O) groups excluding carboxylic acids is 1. The zero-order valence-electron chi connectivity index (χ0n) is 28.2. The summed E-state index contributed by atoms with van der Waals surface area (Å²) in [6.45, 7) is 5.70. The van der Waals surface area contributed by atoms with E-state index >= 15 is 0 Å². The Morgan fingerprint density at radius 3 is 1.44 bits per heavy atom. The van der Waals surface area contributed by atoms with Gasteiger partial charge in [-0.15, -0.1) is 0 Å². The van der Waals surface area contributed by atoms with E-state index in [0.29, 0.717) is 28.3 Å². The quantitative estimate of drug-likeness (QED) is 0.101. The lowest BCUT2D eigenvalue weighted by Gasteiger charge is -2.12. The fourth-order valence-corrected chi connectivity index (χ4v) is 5.12. The van der Waals surface area contributed by atoms with Crippen molar-refractivity contribution in [3.05, 3.63) is 155 Å². The van der Waals surface area contributed by atoms with Crippen LogP contribution in [0.2, 0.25) is 0 Å². The van der Waals surface area contributed by atoms with Gasteiger partial charge in [0.1, 0.15) is 23.3 Å². The predicted molar refractivity (Wildman–Crippen MR) is 191 cm³/mol. The number of pyridine rings is 2. The molecule has 0 radical (unpaired) electrons. The topological polar surface area (TPSA) is 113 Å². The van der Waals surface area contributed by atoms with Gasteiger partial charge in [-0.1, -0.05) is 35.4 Å². The number of aryl methyl sites for hydroxylation is 2. The molecule has 0 atom stereocenters. The van der Waals surface area contributed by atoms with Gasteiger partial charge in [-0.2, -0.15) is 0 Å². The maximum absolute atomic E-state index is 13.9. The standard InChI is InChI=1S/C21H18F2N2O2.C19H14F2N2O2/c1-3-27-21(26)15-11-13(2)7-9-18(15)25-14-8-10-19(24-12-14)20-16(22)5-4-6-17(20)23;1-11-5-7-16(13(9-11)19(24)25)23-12-6-8-17(22-10-12)18-14(20)3-2-4-15(18)21/h4-12,25H,3H2,1-2H3;2-10,23H,1H3,(H,24,25). The number of rotatable bonds is 9. The van der Waals surface area contributed by atoms with Crippen LogP contribution in [0, 0.1) is 37.1 Å². The van der Waals surface area contributed by atoms with E-state index in [1.165, 1.54) is 48.8 Å². The van der Waals surface area contributed by atoms with Gasteiger partial charge in [0, 0.05) is 0 Å².